The van der Waals surface area contributed by atoms with E-state index in [2.05, 4.69) is 63.8 Å². The van der Waals surface area contributed by atoms with Crippen LogP contribution in [0.15, 0.2) is 57.5 Å². The summed E-state index contributed by atoms with van der Waals surface area (Å²) in [7, 11) is -3.10. The summed E-state index contributed by atoms with van der Waals surface area (Å²) in [5, 5.41) is 15.5. The molecule has 0 aliphatic carbocycles. The standard InChI is InChI=1S/C28H39Br2N6O7P/c1-17(2)13-23(35-27(39)33-21-9-5-19(29)6-10-21)25(37)31-15-42-44(41)43-16-32-26(38)24(14-18(3)4)36-28(40)34-22-11-7-20(30)8-12-22/h5-12,17-18,23-24,44H,13-16H2,1-4H3,(H,31,37)(H,32,38)(H2,33,35,39)(H2,34,36,40). The van der Waals surface area contributed by atoms with Gasteiger partial charge in [-0.1, -0.05) is 59.6 Å². The summed E-state index contributed by atoms with van der Waals surface area (Å²) >= 11 is 6.65. The minimum absolute atomic E-state index is 0.0894. The molecule has 2 atom stereocenters. The van der Waals surface area contributed by atoms with E-state index in [0.717, 1.165) is 8.95 Å². The number of benzene rings is 2. The summed E-state index contributed by atoms with van der Waals surface area (Å²) in [5.41, 5.74) is 1.10. The lowest BCUT2D eigenvalue weighted by Gasteiger charge is -2.21. The Kier molecular flexibility index (Phi) is 16.4. The van der Waals surface area contributed by atoms with Crippen LogP contribution in [0.4, 0.5) is 21.0 Å². The molecule has 44 heavy (non-hydrogen) atoms. The van der Waals surface area contributed by atoms with Crippen molar-refractivity contribution >= 4 is 75.4 Å². The van der Waals surface area contributed by atoms with Gasteiger partial charge < -0.3 is 31.9 Å². The molecule has 0 radical (unpaired) electrons. The zero-order valence-electron chi connectivity index (χ0n) is 24.9. The fraction of sp³-hybridized carbons (Fsp3) is 0.429. The molecule has 0 saturated carbocycles. The smallest absolute Gasteiger partial charge is 0.322 e. The Hall–Kier alpha value is -2.97. The van der Waals surface area contributed by atoms with E-state index in [9.17, 15) is 23.7 Å². The first-order valence-corrected chi connectivity index (χ1v) is 16.6. The molecule has 0 aromatic heterocycles. The van der Waals surface area contributed by atoms with Crippen molar-refractivity contribution in [2.75, 3.05) is 24.1 Å². The highest BCUT2D eigenvalue weighted by Crippen LogP contribution is 2.22. The second-order valence-electron chi connectivity index (χ2n) is 10.5. The Balaban J connectivity index is 1.77. The molecule has 0 saturated heterocycles. The number of urea groups is 2. The maximum atomic E-state index is 12.7. The van der Waals surface area contributed by atoms with Crippen LogP contribution in [0.1, 0.15) is 40.5 Å². The third kappa shape index (κ3) is 15.2. The first-order chi connectivity index (χ1) is 20.8. The van der Waals surface area contributed by atoms with E-state index in [1.54, 1.807) is 48.5 Å². The molecule has 242 valence electrons. The number of anilines is 2. The quantitative estimate of drug-likeness (QED) is 0.0960. The molecule has 2 aromatic carbocycles. The number of carbonyl (C=O) groups is 4. The number of carbonyl (C=O) groups excluding carboxylic acids is 4. The highest BCUT2D eigenvalue weighted by molar-refractivity contribution is 9.10. The maximum Gasteiger partial charge on any atom is 0.322 e. The summed E-state index contributed by atoms with van der Waals surface area (Å²) in [5.74, 6) is -0.883. The molecule has 16 heteroatoms. The van der Waals surface area contributed by atoms with E-state index < -0.39 is 57.7 Å². The van der Waals surface area contributed by atoms with Gasteiger partial charge in [-0.2, -0.15) is 0 Å². The van der Waals surface area contributed by atoms with Crippen molar-refractivity contribution in [2.45, 2.75) is 52.6 Å². The van der Waals surface area contributed by atoms with E-state index in [-0.39, 0.29) is 11.8 Å². The van der Waals surface area contributed by atoms with Gasteiger partial charge in [-0.3, -0.25) is 23.2 Å². The van der Waals surface area contributed by atoms with Gasteiger partial charge >= 0.3 is 20.3 Å². The molecule has 0 bridgehead atoms. The third-order valence-corrected chi connectivity index (χ3v) is 7.55. The predicted molar refractivity (Wildman–Crippen MR) is 176 cm³/mol. The van der Waals surface area contributed by atoms with Gasteiger partial charge in [-0.25, -0.2) is 9.59 Å². The Morgan fingerprint density at radius 2 is 1.00 bits per heavy atom. The number of halogens is 2. The van der Waals surface area contributed by atoms with Crippen molar-refractivity contribution in [3.8, 4) is 0 Å². The van der Waals surface area contributed by atoms with Crippen molar-refractivity contribution < 1.29 is 32.8 Å². The van der Waals surface area contributed by atoms with Crippen LogP contribution in [0.3, 0.4) is 0 Å². The van der Waals surface area contributed by atoms with Crippen LogP contribution in [0.5, 0.6) is 0 Å². The Bertz CT molecular complexity index is 1170. The van der Waals surface area contributed by atoms with Gasteiger partial charge in [-0.15, -0.1) is 0 Å². The molecule has 6 amide bonds. The summed E-state index contributed by atoms with van der Waals surface area (Å²) in [6.07, 6.45) is 0.702. The van der Waals surface area contributed by atoms with Crippen LogP contribution < -0.4 is 31.9 Å². The van der Waals surface area contributed by atoms with E-state index in [0.29, 0.717) is 24.2 Å². The third-order valence-electron chi connectivity index (χ3n) is 5.73. The van der Waals surface area contributed by atoms with E-state index >= 15 is 0 Å². The monoisotopic (exact) mass is 760 g/mol. The highest BCUT2D eigenvalue weighted by atomic mass is 79.9. The van der Waals surface area contributed by atoms with E-state index in [1.807, 2.05) is 27.7 Å². The lowest BCUT2D eigenvalue weighted by Crippen LogP contribution is -2.49. The maximum absolute atomic E-state index is 12.7. The fourth-order valence-corrected chi connectivity index (χ4v) is 4.74. The van der Waals surface area contributed by atoms with Crippen LogP contribution >= 0.6 is 40.1 Å². The number of amides is 6. The summed E-state index contributed by atoms with van der Waals surface area (Å²) < 4.78 is 24.0. The first-order valence-electron chi connectivity index (χ1n) is 13.8. The van der Waals surface area contributed by atoms with Gasteiger partial charge in [0.25, 0.3) is 0 Å². The van der Waals surface area contributed by atoms with Crippen molar-refractivity contribution in [2.24, 2.45) is 11.8 Å². The Morgan fingerprint density at radius 1 is 0.659 bits per heavy atom. The number of nitrogens with one attached hydrogen (secondary N) is 6. The van der Waals surface area contributed by atoms with Crippen LogP contribution in [0, 0.1) is 11.8 Å². The molecule has 0 fully saturated rings. The van der Waals surface area contributed by atoms with Gasteiger partial charge in [0, 0.05) is 20.3 Å². The van der Waals surface area contributed by atoms with Gasteiger partial charge in [0.15, 0.2) is 0 Å². The Labute approximate surface area is 274 Å². The Morgan fingerprint density at radius 3 is 1.32 bits per heavy atom. The van der Waals surface area contributed by atoms with Crippen molar-refractivity contribution in [3.63, 3.8) is 0 Å². The minimum Gasteiger partial charge on any atom is -0.331 e. The molecule has 0 heterocycles. The SMILES string of the molecule is CC(C)CC(NC(=O)Nc1ccc(Br)cc1)C(=O)NCO[PH](=O)OCNC(=O)C(CC(C)C)NC(=O)Nc1ccc(Br)cc1. The van der Waals surface area contributed by atoms with Crippen molar-refractivity contribution in [1.82, 2.24) is 21.3 Å². The molecule has 2 rings (SSSR count). The van der Waals surface area contributed by atoms with Crippen LogP contribution in [0.2, 0.25) is 0 Å². The predicted octanol–water partition coefficient (Wildman–Crippen LogP) is 5.55. The van der Waals surface area contributed by atoms with Crippen LogP contribution in [-0.2, 0) is 23.2 Å². The zero-order chi connectivity index (χ0) is 32.6. The first kappa shape index (κ1) is 37.2. The van der Waals surface area contributed by atoms with Crippen LogP contribution in [-0.4, -0.2) is 49.4 Å². The van der Waals surface area contributed by atoms with Gasteiger partial charge in [0.1, 0.15) is 25.5 Å². The molecular formula is C28H39Br2N6O7P. The lowest BCUT2D eigenvalue weighted by molar-refractivity contribution is -0.124. The fourth-order valence-electron chi connectivity index (χ4n) is 3.74. The second kappa shape index (κ2) is 19.4. The molecule has 0 spiro atoms. The van der Waals surface area contributed by atoms with Crippen LogP contribution in [0.25, 0.3) is 0 Å². The van der Waals surface area contributed by atoms with E-state index in [1.165, 1.54) is 0 Å². The van der Waals surface area contributed by atoms with Gasteiger partial charge in [-0.05, 0) is 73.2 Å². The zero-order valence-corrected chi connectivity index (χ0v) is 29.0. The molecule has 13 nitrogen and oxygen atoms in total. The molecule has 2 unspecified atom stereocenters. The summed E-state index contributed by atoms with van der Waals surface area (Å²) in [6.45, 7) is 6.74. The number of rotatable bonds is 16. The molecule has 6 N–H and O–H groups in total. The van der Waals surface area contributed by atoms with Gasteiger partial charge in [0.05, 0.1) is 0 Å². The van der Waals surface area contributed by atoms with Gasteiger partial charge in [0.2, 0.25) is 11.8 Å². The number of hydrogen-bond acceptors (Lipinski definition) is 7. The summed E-state index contributed by atoms with van der Waals surface area (Å²) in [6, 6.07) is 11.0. The normalized spacial score (nSPS) is 13.0. The minimum atomic E-state index is -3.10. The molecular weight excluding hydrogens is 723 g/mol. The molecule has 2 aromatic rings. The van der Waals surface area contributed by atoms with Crippen molar-refractivity contribution in [3.05, 3.63) is 57.5 Å². The average molecular weight is 762 g/mol. The summed E-state index contributed by atoms with van der Waals surface area (Å²) in [4.78, 5) is 50.3. The molecule has 0 aliphatic rings. The van der Waals surface area contributed by atoms with Crippen molar-refractivity contribution in [1.29, 1.82) is 0 Å². The lowest BCUT2D eigenvalue weighted by atomic mass is 10.0. The van der Waals surface area contributed by atoms with E-state index in [4.69, 9.17) is 9.05 Å². The topological polar surface area (TPSA) is 176 Å². The molecule has 0 aliphatic heterocycles. The number of hydrogen-bond donors (Lipinski definition) is 6. The highest BCUT2D eigenvalue weighted by Gasteiger charge is 2.23. The largest absolute Gasteiger partial charge is 0.331 e. The average Bonchev–Trinajstić information content (AvgIpc) is 2.94. The second-order valence-corrected chi connectivity index (χ2v) is 13.4.